The number of amides is 2. The maximum absolute atomic E-state index is 12.0. The van der Waals surface area contributed by atoms with E-state index in [1.165, 1.54) is 10.5 Å². The lowest BCUT2D eigenvalue weighted by molar-refractivity contribution is -0.137. The third-order valence-corrected chi connectivity index (χ3v) is 3.34. The lowest BCUT2D eigenvalue weighted by atomic mass is 10.1. The third-order valence-electron chi connectivity index (χ3n) is 3.34. The van der Waals surface area contributed by atoms with Crippen molar-refractivity contribution < 1.29 is 14.7 Å². The Morgan fingerprint density at radius 2 is 1.95 bits per heavy atom. The van der Waals surface area contributed by atoms with Crippen molar-refractivity contribution in [2.45, 2.75) is 39.2 Å². The van der Waals surface area contributed by atoms with Gasteiger partial charge in [0.1, 0.15) is 0 Å². The minimum absolute atomic E-state index is 0.0281. The number of hydrogen-bond donors (Lipinski definition) is 2. The number of carboxylic acid groups (broad SMARTS) is 1. The molecule has 0 aliphatic rings. The second-order valence-electron chi connectivity index (χ2n) is 5.10. The van der Waals surface area contributed by atoms with Gasteiger partial charge in [-0.3, -0.25) is 4.79 Å². The Morgan fingerprint density at radius 1 is 1.29 bits per heavy atom. The molecule has 2 amide bonds. The second-order valence-corrected chi connectivity index (χ2v) is 5.10. The summed E-state index contributed by atoms with van der Waals surface area (Å²) in [6, 6.07) is 9.98. The standard InChI is InChI=1S/C16H24N2O3/c1-3-18(12-11-15(19)20)16(21)17-13(2)9-10-14-7-5-4-6-8-14/h4-8,13H,3,9-12H2,1-2H3,(H,17,21)(H,19,20). The number of nitrogens with zero attached hydrogens (tertiary/aromatic N) is 1. The first-order valence-corrected chi connectivity index (χ1v) is 7.34. The van der Waals surface area contributed by atoms with Gasteiger partial charge < -0.3 is 15.3 Å². The van der Waals surface area contributed by atoms with Crippen LogP contribution in [0.25, 0.3) is 0 Å². The van der Waals surface area contributed by atoms with Crippen molar-refractivity contribution in [3.63, 3.8) is 0 Å². The molecule has 1 aromatic rings. The highest BCUT2D eigenvalue weighted by atomic mass is 16.4. The van der Waals surface area contributed by atoms with Crippen molar-refractivity contribution in [3.8, 4) is 0 Å². The molecular formula is C16H24N2O3. The zero-order chi connectivity index (χ0) is 15.7. The van der Waals surface area contributed by atoms with Gasteiger partial charge in [-0.1, -0.05) is 30.3 Å². The van der Waals surface area contributed by atoms with Gasteiger partial charge in [0.25, 0.3) is 0 Å². The van der Waals surface area contributed by atoms with Crippen molar-refractivity contribution >= 4 is 12.0 Å². The highest BCUT2D eigenvalue weighted by Gasteiger charge is 2.15. The molecule has 0 saturated carbocycles. The molecule has 0 aliphatic carbocycles. The van der Waals surface area contributed by atoms with E-state index in [1.54, 1.807) is 0 Å². The Labute approximate surface area is 126 Å². The molecule has 0 aromatic heterocycles. The molecule has 0 bridgehead atoms. The van der Waals surface area contributed by atoms with Crippen LogP contribution in [0, 0.1) is 0 Å². The van der Waals surface area contributed by atoms with E-state index in [9.17, 15) is 9.59 Å². The molecule has 0 spiro atoms. The molecule has 5 heteroatoms. The number of carbonyl (C=O) groups is 2. The van der Waals surface area contributed by atoms with Crippen LogP contribution in [-0.4, -0.2) is 41.1 Å². The molecule has 116 valence electrons. The predicted octanol–water partition coefficient (Wildman–Crippen LogP) is 2.51. The fourth-order valence-electron chi connectivity index (χ4n) is 2.04. The van der Waals surface area contributed by atoms with Gasteiger partial charge in [-0.15, -0.1) is 0 Å². The van der Waals surface area contributed by atoms with Crippen molar-refractivity contribution in [2.75, 3.05) is 13.1 Å². The number of benzene rings is 1. The number of aryl methyl sites for hydroxylation is 1. The summed E-state index contributed by atoms with van der Waals surface area (Å²) in [5.41, 5.74) is 1.25. The van der Waals surface area contributed by atoms with Gasteiger partial charge in [0.2, 0.25) is 0 Å². The molecule has 21 heavy (non-hydrogen) atoms. The quantitative estimate of drug-likeness (QED) is 0.773. The summed E-state index contributed by atoms with van der Waals surface area (Å²) in [6.45, 7) is 4.55. The van der Waals surface area contributed by atoms with E-state index in [0.717, 1.165) is 12.8 Å². The molecule has 0 radical (unpaired) electrons. The number of rotatable bonds is 8. The first kappa shape index (κ1) is 17.0. The average Bonchev–Trinajstić information content (AvgIpc) is 2.46. The minimum atomic E-state index is -0.890. The normalized spacial score (nSPS) is 11.7. The molecule has 0 saturated heterocycles. The summed E-state index contributed by atoms with van der Waals surface area (Å²) in [4.78, 5) is 24.1. The van der Waals surface area contributed by atoms with E-state index >= 15 is 0 Å². The highest BCUT2D eigenvalue weighted by molar-refractivity contribution is 5.75. The Balaban J connectivity index is 2.36. The monoisotopic (exact) mass is 292 g/mol. The zero-order valence-electron chi connectivity index (χ0n) is 12.7. The largest absolute Gasteiger partial charge is 0.481 e. The van der Waals surface area contributed by atoms with Gasteiger partial charge in [-0.05, 0) is 32.3 Å². The van der Waals surface area contributed by atoms with E-state index in [2.05, 4.69) is 17.4 Å². The van der Waals surface area contributed by atoms with Crippen LogP contribution >= 0.6 is 0 Å². The number of carboxylic acids is 1. The average molecular weight is 292 g/mol. The van der Waals surface area contributed by atoms with Crippen LogP contribution in [0.1, 0.15) is 32.3 Å². The minimum Gasteiger partial charge on any atom is -0.481 e. The second kappa shape index (κ2) is 9.00. The van der Waals surface area contributed by atoms with E-state index in [-0.39, 0.29) is 25.0 Å². The van der Waals surface area contributed by atoms with Crippen molar-refractivity contribution in [1.82, 2.24) is 10.2 Å². The van der Waals surface area contributed by atoms with E-state index in [0.29, 0.717) is 6.54 Å². The molecule has 0 fully saturated rings. The Hall–Kier alpha value is -2.04. The molecule has 2 N–H and O–H groups in total. The van der Waals surface area contributed by atoms with Gasteiger partial charge in [-0.25, -0.2) is 4.79 Å². The maximum Gasteiger partial charge on any atom is 0.317 e. The molecule has 1 atom stereocenters. The first-order chi connectivity index (χ1) is 10.0. The Kier molecular flexibility index (Phi) is 7.29. The first-order valence-electron chi connectivity index (χ1n) is 7.34. The number of urea groups is 1. The zero-order valence-corrected chi connectivity index (χ0v) is 12.7. The summed E-state index contributed by atoms with van der Waals surface area (Å²) >= 11 is 0. The number of nitrogens with one attached hydrogen (secondary N) is 1. The van der Waals surface area contributed by atoms with Crippen molar-refractivity contribution in [1.29, 1.82) is 0 Å². The predicted molar refractivity (Wildman–Crippen MR) is 82.3 cm³/mol. The third kappa shape index (κ3) is 6.79. The maximum atomic E-state index is 12.0. The van der Waals surface area contributed by atoms with Crippen molar-refractivity contribution in [3.05, 3.63) is 35.9 Å². The van der Waals surface area contributed by atoms with Crippen LogP contribution in [0.15, 0.2) is 30.3 Å². The Morgan fingerprint density at radius 3 is 2.52 bits per heavy atom. The lowest BCUT2D eigenvalue weighted by Gasteiger charge is -2.23. The SMILES string of the molecule is CCN(CCC(=O)O)C(=O)NC(C)CCc1ccccc1. The van der Waals surface area contributed by atoms with Gasteiger partial charge in [-0.2, -0.15) is 0 Å². The summed E-state index contributed by atoms with van der Waals surface area (Å²) < 4.78 is 0. The van der Waals surface area contributed by atoms with Crippen LogP contribution in [0.4, 0.5) is 4.79 Å². The smallest absolute Gasteiger partial charge is 0.317 e. The molecule has 5 nitrogen and oxygen atoms in total. The van der Waals surface area contributed by atoms with Crippen LogP contribution in [0.3, 0.4) is 0 Å². The molecule has 1 rings (SSSR count). The Bertz CT molecular complexity index is 448. The van der Waals surface area contributed by atoms with Gasteiger partial charge in [0.05, 0.1) is 6.42 Å². The summed E-state index contributed by atoms with van der Waals surface area (Å²) in [6.07, 6.45) is 1.73. The molecule has 0 heterocycles. The molecule has 1 unspecified atom stereocenters. The number of hydrogen-bond acceptors (Lipinski definition) is 2. The highest BCUT2D eigenvalue weighted by Crippen LogP contribution is 2.05. The van der Waals surface area contributed by atoms with Gasteiger partial charge in [0.15, 0.2) is 0 Å². The lowest BCUT2D eigenvalue weighted by Crippen LogP contribution is -2.44. The fraction of sp³-hybridized carbons (Fsp3) is 0.500. The van der Waals surface area contributed by atoms with Crippen LogP contribution < -0.4 is 5.32 Å². The van der Waals surface area contributed by atoms with E-state index in [4.69, 9.17) is 5.11 Å². The van der Waals surface area contributed by atoms with Crippen LogP contribution in [0.2, 0.25) is 0 Å². The summed E-state index contributed by atoms with van der Waals surface area (Å²) in [5, 5.41) is 11.6. The van der Waals surface area contributed by atoms with E-state index < -0.39 is 5.97 Å². The van der Waals surface area contributed by atoms with Gasteiger partial charge >= 0.3 is 12.0 Å². The molecule has 0 aliphatic heterocycles. The van der Waals surface area contributed by atoms with Gasteiger partial charge in [0, 0.05) is 19.1 Å². The topological polar surface area (TPSA) is 69.6 Å². The molecular weight excluding hydrogens is 268 g/mol. The number of aliphatic carboxylic acids is 1. The van der Waals surface area contributed by atoms with Crippen LogP contribution in [-0.2, 0) is 11.2 Å². The summed E-state index contributed by atoms with van der Waals surface area (Å²) in [5.74, 6) is -0.890. The van der Waals surface area contributed by atoms with Crippen molar-refractivity contribution in [2.24, 2.45) is 0 Å². The molecule has 1 aromatic carbocycles. The fourth-order valence-corrected chi connectivity index (χ4v) is 2.04. The summed E-state index contributed by atoms with van der Waals surface area (Å²) in [7, 11) is 0. The van der Waals surface area contributed by atoms with Crippen LogP contribution in [0.5, 0.6) is 0 Å². The van der Waals surface area contributed by atoms with E-state index in [1.807, 2.05) is 32.0 Å². The number of carbonyl (C=O) groups excluding carboxylic acids is 1.